The molecule has 0 aliphatic carbocycles. The summed E-state index contributed by atoms with van der Waals surface area (Å²) in [6.45, 7) is -3.15. The van der Waals surface area contributed by atoms with Crippen LogP contribution in [0.3, 0.4) is 0 Å². The standard InChI is InChI=1S/C10H6ClF2NO3/c11-3-6-5(4-14)1-2-7(17-10(12)13)8(6)9(15)16/h1-2,10H,3H2,(H,15,16). The quantitative estimate of drug-likeness (QED) is 0.846. The first-order valence-electron chi connectivity index (χ1n) is 4.31. The molecule has 0 unspecified atom stereocenters. The average molecular weight is 262 g/mol. The van der Waals surface area contributed by atoms with Crippen molar-refractivity contribution < 1.29 is 23.4 Å². The minimum atomic E-state index is -3.15. The highest BCUT2D eigenvalue weighted by molar-refractivity contribution is 6.18. The summed E-state index contributed by atoms with van der Waals surface area (Å²) in [6, 6.07) is 3.92. The number of carbonyl (C=O) groups is 1. The zero-order valence-corrected chi connectivity index (χ0v) is 9.04. The lowest BCUT2D eigenvalue weighted by atomic mass is 10.0. The summed E-state index contributed by atoms with van der Waals surface area (Å²) >= 11 is 5.51. The predicted octanol–water partition coefficient (Wildman–Crippen LogP) is 2.60. The van der Waals surface area contributed by atoms with Gasteiger partial charge in [0.1, 0.15) is 11.3 Å². The van der Waals surface area contributed by atoms with Crippen LogP contribution >= 0.6 is 11.6 Å². The first-order valence-corrected chi connectivity index (χ1v) is 4.84. The highest BCUT2D eigenvalue weighted by Crippen LogP contribution is 2.28. The lowest BCUT2D eigenvalue weighted by Gasteiger charge is -2.11. The molecule has 17 heavy (non-hydrogen) atoms. The number of hydrogen-bond donors (Lipinski definition) is 1. The second-order valence-corrected chi connectivity index (χ2v) is 3.16. The number of hydrogen-bond acceptors (Lipinski definition) is 3. The molecule has 0 spiro atoms. The van der Waals surface area contributed by atoms with Crippen molar-refractivity contribution in [2.24, 2.45) is 0 Å². The Morgan fingerprint density at radius 1 is 1.59 bits per heavy atom. The molecule has 0 bridgehead atoms. The molecule has 90 valence electrons. The molecule has 1 N–H and O–H groups in total. The van der Waals surface area contributed by atoms with Gasteiger partial charge in [0.2, 0.25) is 0 Å². The van der Waals surface area contributed by atoms with Crippen LogP contribution in [-0.4, -0.2) is 17.7 Å². The maximum atomic E-state index is 12.1. The van der Waals surface area contributed by atoms with Gasteiger partial charge in [0.25, 0.3) is 0 Å². The maximum absolute atomic E-state index is 12.1. The fourth-order valence-electron chi connectivity index (χ4n) is 1.30. The van der Waals surface area contributed by atoms with Crippen LogP contribution in [0, 0.1) is 11.3 Å². The van der Waals surface area contributed by atoms with Gasteiger partial charge in [-0.3, -0.25) is 0 Å². The highest BCUT2D eigenvalue weighted by Gasteiger charge is 2.21. The summed E-state index contributed by atoms with van der Waals surface area (Å²) in [7, 11) is 0. The van der Waals surface area contributed by atoms with Gasteiger partial charge in [-0.25, -0.2) is 4.79 Å². The largest absolute Gasteiger partial charge is 0.478 e. The van der Waals surface area contributed by atoms with Crippen molar-refractivity contribution in [1.82, 2.24) is 0 Å². The van der Waals surface area contributed by atoms with Crippen molar-refractivity contribution in [3.63, 3.8) is 0 Å². The van der Waals surface area contributed by atoms with Crippen molar-refractivity contribution in [3.05, 3.63) is 28.8 Å². The summed E-state index contributed by atoms with van der Waals surface area (Å²) in [5.41, 5.74) is -0.543. The van der Waals surface area contributed by atoms with Crippen molar-refractivity contribution >= 4 is 17.6 Å². The molecular weight excluding hydrogens is 256 g/mol. The van der Waals surface area contributed by atoms with Crippen LogP contribution in [0.4, 0.5) is 8.78 Å². The third-order valence-electron chi connectivity index (χ3n) is 1.96. The molecule has 0 saturated carbocycles. The molecule has 0 aliphatic rings. The van der Waals surface area contributed by atoms with E-state index in [2.05, 4.69) is 4.74 Å². The van der Waals surface area contributed by atoms with Gasteiger partial charge in [0, 0.05) is 11.4 Å². The van der Waals surface area contributed by atoms with E-state index in [0.717, 1.165) is 6.07 Å². The lowest BCUT2D eigenvalue weighted by Crippen LogP contribution is -2.11. The highest BCUT2D eigenvalue weighted by atomic mass is 35.5. The molecule has 1 aromatic carbocycles. The number of ether oxygens (including phenoxy) is 1. The number of rotatable bonds is 4. The number of nitrogens with zero attached hydrogens (tertiary/aromatic N) is 1. The monoisotopic (exact) mass is 261 g/mol. The molecular formula is C10H6ClF2NO3. The smallest absolute Gasteiger partial charge is 0.387 e. The SMILES string of the molecule is N#Cc1ccc(OC(F)F)c(C(=O)O)c1CCl. The summed E-state index contributed by atoms with van der Waals surface area (Å²) in [5.74, 6) is -2.28. The third kappa shape index (κ3) is 2.82. The average Bonchev–Trinajstić information content (AvgIpc) is 2.26. The molecule has 0 amide bonds. The van der Waals surface area contributed by atoms with Crippen molar-refractivity contribution in [3.8, 4) is 11.8 Å². The van der Waals surface area contributed by atoms with Crippen LogP contribution in [0.2, 0.25) is 0 Å². The lowest BCUT2D eigenvalue weighted by molar-refractivity contribution is -0.0503. The van der Waals surface area contributed by atoms with Crippen molar-refractivity contribution in [2.45, 2.75) is 12.5 Å². The van der Waals surface area contributed by atoms with Crippen LogP contribution in [0.5, 0.6) is 5.75 Å². The molecule has 0 heterocycles. The normalized spacial score (nSPS) is 10.1. The van der Waals surface area contributed by atoms with E-state index in [0.29, 0.717) is 0 Å². The van der Waals surface area contributed by atoms with Crippen molar-refractivity contribution in [2.75, 3.05) is 0 Å². The molecule has 0 fully saturated rings. The Bertz CT molecular complexity index is 485. The van der Waals surface area contributed by atoms with Gasteiger partial charge < -0.3 is 9.84 Å². The van der Waals surface area contributed by atoms with Crippen LogP contribution < -0.4 is 4.74 Å². The summed E-state index contributed by atoms with van der Waals surface area (Å²) in [5, 5.41) is 17.7. The molecule has 0 radical (unpaired) electrons. The Hall–Kier alpha value is -1.87. The van der Waals surface area contributed by atoms with Crippen LogP contribution in [0.15, 0.2) is 12.1 Å². The van der Waals surface area contributed by atoms with Gasteiger partial charge >= 0.3 is 12.6 Å². The number of nitriles is 1. The second kappa shape index (κ2) is 5.46. The van der Waals surface area contributed by atoms with E-state index >= 15 is 0 Å². The number of alkyl halides is 3. The summed E-state index contributed by atoms with van der Waals surface area (Å²) < 4.78 is 28.2. The summed E-state index contributed by atoms with van der Waals surface area (Å²) in [4.78, 5) is 11.0. The molecule has 1 rings (SSSR count). The van der Waals surface area contributed by atoms with Gasteiger partial charge in [-0.05, 0) is 12.1 Å². The number of halogens is 3. The topological polar surface area (TPSA) is 70.3 Å². The van der Waals surface area contributed by atoms with E-state index in [1.165, 1.54) is 6.07 Å². The van der Waals surface area contributed by atoms with Gasteiger partial charge in [0.15, 0.2) is 0 Å². The minimum absolute atomic E-state index is 0.0130. The molecule has 4 nitrogen and oxygen atoms in total. The van der Waals surface area contributed by atoms with Gasteiger partial charge in [-0.15, -0.1) is 11.6 Å². The third-order valence-corrected chi connectivity index (χ3v) is 2.23. The summed E-state index contributed by atoms with van der Waals surface area (Å²) in [6.07, 6.45) is 0. The van der Waals surface area contributed by atoms with Gasteiger partial charge in [-0.2, -0.15) is 14.0 Å². The number of benzene rings is 1. The molecule has 0 saturated heterocycles. The molecule has 1 aromatic rings. The van der Waals surface area contributed by atoms with E-state index < -0.39 is 23.9 Å². The molecule has 7 heteroatoms. The Balaban J connectivity index is 3.43. The second-order valence-electron chi connectivity index (χ2n) is 2.89. The Kier molecular flexibility index (Phi) is 4.24. The van der Waals surface area contributed by atoms with E-state index in [1.54, 1.807) is 6.07 Å². The van der Waals surface area contributed by atoms with Crippen molar-refractivity contribution in [1.29, 1.82) is 5.26 Å². The molecule has 0 aliphatic heterocycles. The first-order chi connectivity index (χ1) is 8.01. The minimum Gasteiger partial charge on any atom is -0.478 e. The molecule has 0 aromatic heterocycles. The number of carboxylic acid groups (broad SMARTS) is 1. The van der Waals surface area contributed by atoms with E-state index in [-0.39, 0.29) is 17.0 Å². The van der Waals surface area contributed by atoms with E-state index in [1.807, 2.05) is 0 Å². The van der Waals surface area contributed by atoms with Gasteiger partial charge in [0.05, 0.1) is 11.6 Å². The zero-order valence-electron chi connectivity index (χ0n) is 8.28. The van der Waals surface area contributed by atoms with E-state index in [4.69, 9.17) is 22.0 Å². The predicted molar refractivity (Wildman–Crippen MR) is 54.3 cm³/mol. The van der Waals surface area contributed by atoms with Gasteiger partial charge in [-0.1, -0.05) is 0 Å². The Morgan fingerprint density at radius 2 is 2.24 bits per heavy atom. The van der Waals surface area contributed by atoms with Crippen LogP contribution in [0.25, 0.3) is 0 Å². The fourth-order valence-corrected chi connectivity index (χ4v) is 1.58. The van der Waals surface area contributed by atoms with Crippen LogP contribution in [-0.2, 0) is 5.88 Å². The molecule has 0 atom stereocenters. The van der Waals surface area contributed by atoms with Crippen LogP contribution in [0.1, 0.15) is 21.5 Å². The zero-order chi connectivity index (χ0) is 13.0. The first kappa shape index (κ1) is 13.2. The Labute approximate surface area is 100.0 Å². The van der Waals surface area contributed by atoms with E-state index in [9.17, 15) is 13.6 Å². The number of carboxylic acids is 1. The number of aromatic carboxylic acids is 1. The Morgan fingerprint density at radius 3 is 2.65 bits per heavy atom. The fraction of sp³-hybridized carbons (Fsp3) is 0.200. The maximum Gasteiger partial charge on any atom is 0.387 e.